The van der Waals surface area contributed by atoms with Crippen LogP contribution in [0, 0.1) is 12.3 Å². The SMILES string of the molecule is Cc1ccc(S(=O)(=O)OC2(C(C)(C)C)CCCCC2)cc1. The van der Waals surface area contributed by atoms with Crippen molar-refractivity contribution in [1.29, 1.82) is 0 Å². The Labute approximate surface area is 128 Å². The quantitative estimate of drug-likeness (QED) is 0.775. The molecule has 1 saturated carbocycles. The van der Waals surface area contributed by atoms with Crippen LogP contribution in [-0.4, -0.2) is 14.0 Å². The number of hydrogen-bond donors (Lipinski definition) is 0. The van der Waals surface area contributed by atoms with E-state index in [2.05, 4.69) is 20.8 Å². The number of benzene rings is 1. The van der Waals surface area contributed by atoms with E-state index in [0.29, 0.717) is 0 Å². The second-order valence-corrected chi connectivity index (χ2v) is 8.70. The molecule has 0 aliphatic heterocycles. The van der Waals surface area contributed by atoms with Gasteiger partial charge in [-0.2, -0.15) is 8.42 Å². The minimum Gasteiger partial charge on any atom is -0.259 e. The summed E-state index contributed by atoms with van der Waals surface area (Å²) in [5.74, 6) is 0. The van der Waals surface area contributed by atoms with Crippen molar-refractivity contribution < 1.29 is 12.6 Å². The lowest BCUT2D eigenvalue weighted by Crippen LogP contribution is -2.48. The van der Waals surface area contributed by atoms with Crippen molar-refractivity contribution in [2.24, 2.45) is 5.41 Å². The lowest BCUT2D eigenvalue weighted by Gasteiger charge is -2.46. The molecule has 0 saturated heterocycles. The van der Waals surface area contributed by atoms with Crippen LogP contribution in [0.25, 0.3) is 0 Å². The van der Waals surface area contributed by atoms with Crippen molar-refractivity contribution in [3.63, 3.8) is 0 Å². The van der Waals surface area contributed by atoms with E-state index in [4.69, 9.17) is 4.18 Å². The zero-order valence-corrected chi connectivity index (χ0v) is 14.3. The van der Waals surface area contributed by atoms with E-state index < -0.39 is 15.7 Å². The van der Waals surface area contributed by atoms with E-state index in [-0.39, 0.29) is 10.3 Å². The molecule has 0 spiro atoms. The summed E-state index contributed by atoms with van der Waals surface area (Å²) in [5, 5.41) is 0. The van der Waals surface area contributed by atoms with Gasteiger partial charge < -0.3 is 0 Å². The first kappa shape index (κ1) is 16.5. The predicted molar refractivity (Wildman–Crippen MR) is 84.7 cm³/mol. The first-order chi connectivity index (χ1) is 9.66. The normalized spacial score (nSPS) is 19.4. The van der Waals surface area contributed by atoms with Crippen LogP contribution >= 0.6 is 0 Å². The molecule has 1 aromatic carbocycles. The maximum absolute atomic E-state index is 12.6. The van der Waals surface area contributed by atoms with Gasteiger partial charge in [0.1, 0.15) is 0 Å². The molecular formula is C17H26O3S. The summed E-state index contributed by atoms with van der Waals surface area (Å²) < 4.78 is 31.1. The van der Waals surface area contributed by atoms with Crippen LogP contribution in [0.5, 0.6) is 0 Å². The van der Waals surface area contributed by atoms with E-state index in [9.17, 15) is 8.42 Å². The minimum atomic E-state index is -3.72. The molecule has 0 N–H and O–H groups in total. The third-order valence-corrected chi connectivity index (χ3v) is 5.99. The highest BCUT2D eigenvalue weighted by Gasteiger charge is 2.47. The predicted octanol–water partition coefficient (Wildman–Crippen LogP) is 4.45. The summed E-state index contributed by atoms with van der Waals surface area (Å²) >= 11 is 0. The van der Waals surface area contributed by atoms with Crippen molar-refractivity contribution in [2.75, 3.05) is 0 Å². The van der Waals surface area contributed by atoms with Gasteiger partial charge in [0, 0.05) is 0 Å². The maximum atomic E-state index is 12.6. The lowest BCUT2D eigenvalue weighted by atomic mass is 9.68. The molecule has 1 aliphatic carbocycles. The van der Waals surface area contributed by atoms with Crippen LogP contribution in [0.3, 0.4) is 0 Å². The minimum absolute atomic E-state index is 0.203. The van der Waals surface area contributed by atoms with Gasteiger partial charge in [-0.15, -0.1) is 0 Å². The lowest BCUT2D eigenvalue weighted by molar-refractivity contribution is -0.0565. The van der Waals surface area contributed by atoms with E-state index in [1.165, 1.54) is 0 Å². The molecule has 0 atom stereocenters. The first-order valence-corrected chi connectivity index (χ1v) is 9.09. The van der Waals surface area contributed by atoms with Gasteiger partial charge >= 0.3 is 0 Å². The Morgan fingerprint density at radius 2 is 1.52 bits per heavy atom. The van der Waals surface area contributed by atoms with E-state index in [1.54, 1.807) is 24.3 Å². The Kier molecular flexibility index (Phi) is 4.50. The van der Waals surface area contributed by atoms with Gasteiger partial charge in [-0.1, -0.05) is 57.7 Å². The molecule has 2 rings (SSSR count). The maximum Gasteiger partial charge on any atom is 0.297 e. The molecule has 0 radical (unpaired) electrons. The van der Waals surface area contributed by atoms with Crippen LogP contribution in [0.1, 0.15) is 58.4 Å². The highest BCUT2D eigenvalue weighted by Crippen LogP contribution is 2.46. The van der Waals surface area contributed by atoms with Crippen molar-refractivity contribution in [1.82, 2.24) is 0 Å². The molecule has 0 unspecified atom stereocenters. The molecule has 0 aromatic heterocycles. The van der Waals surface area contributed by atoms with Gasteiger partial charge in [-0.05, 0) is 37.3 Å². The van der Waals surface area contributed by atoms with Gasteiger partial charge in [0.05, 0.1) is 10.5 Å². The van der Waals surface area contributed by atoms with Crippen LogP contribution < -0.4 is 0 Å². The van der Waals surface area contributed by atoms with Crippen LogP contribution in [0.4, 0.5) is 0 Å². The Morgan fingerprint density at radius 3 is 2.00 bits per heavy atom. The fourth-order valence-electron chi connectivity index (χ4n) is 3.04. The Morgan fingerprint density at radius 1 is 1.00 bits per heavy atom. The van der Waals surface area contributed by atoms with Crippen molar-refractivity contribution in [3.8, 4) is 0 Å². The van der Waals surface area contributed by atoms with Gasteiger partial charge in [0.2, 0.25) is 0 Å². The van der Waals surface area contributed by atoms with Crippen LogP contribution in [-0.2, 0) is 14.3 Å². The summed E-state index contributed by atoms with van der Waals surface area (Å²) in [4.78, 5) is 0.252. The molecule has 3 nitrogen and oxygen atoms in total. The fourth-order valence-corrected chi connectivity index (χ4v) is 4.45. The van der Waals surface area contributed by atoms with Crippen molar-refractivity contribution in [2.45, 2.75) is 70.3 Å². The smallest absolute Gasteiger partial charge is 0.259 e. The van der Waals surface area contributed by atoms with E-state index in [1.807, 2.05) is 6.92 Å². The average Bonchev–Trinajstić information content (AvgIpc) is 2.38. The van der Waals surface area contributed by atoms with Gasteiger partial charge in [-0.3, -0.25) is 4.18 Å². The molecule has 1 aromatic rings. The Bertz CT molecular complexity index is 573. The number of rotatable bonds is 3. The van der Waals surface area contributed by atoms with Crippen molar-refractivity contribution in [3.05, 3.63) is 29.8 Å². The molecule has 0 heterocycles. The summed E-state index contributed by atoms with van der Waals surface area (Å²) in [6.07, 6.45) is 4.83. The first-order valence-electron chi connectivity index (χ1n) is 7.69. The number of hydrogen-bond acceptors (Lipinski definition) is 3. The highest BCUT2D eigenvalue weighted by molar-refractivity contribution is 7.86. The van der Waals surface area contributed by atoms with E-state index >= 15 is 0 Å². The summed E-state index contributed by atoms with van der Waals surface area (Å²) in [5.41, 5.74) is 0.248. The average molecular weight is 310 g/mol. The largest absolute Gasteiger partial charge is 0.297 e. The standard InChI is InChI=1S/C17H26O3S/c1-14-8-10-15(11-9-14)21(18,19)20-17(16(2,3)4)12-6-5-7-13-17/h8-11H,5-7,12-13H2,1-4H3. The molecule has 21 heavy (non-hydrogen) atoms. The zero-order valence-electron chi connectivity index (χ0n) is 13.5. The molecule has 4 heteroatoms. The molecule has 1 aliphatic rings. The summed E-state index contributed by atoms with van der Waals surface area (Å²) in [7, 11) is -3.72. The fraction of sp³-hybridized carbons (Fsp3) is 0.647. The van der Waals surface area contributed by atoms with Crippen LogP contribution in [0.2, 0.25) is 0 Å². The van der Waals surface area contributed by atoms with Gasteiger partial charge in [0.15, 0.2) is 0 Å². The topological polar surface area (TPSA) is 43.4 Å². The molecular weight excluding hydrogens is 284 g/mol. The highest BCUT2D eigenvalue weighted by atomic mass is 32.2. The summed E-state index contributed by atoms with van der Waals surface area (Å²) in [6, 6.07) is 6.87. The Balaban J connectivity index is 2.34. The van der Waals surface area contributed by atoms with Gasteiger partial charge in [0.25, 0.3) is 10.1 Å². The van der Waals surface area contributed by atoms with Crippen molar-refractivity contribution >= 4 is 10.1 Å². The molecule has 0 amide bonds. The molecule has 0 bridgehead atoms. The summed E-state index contributed by atoms with van der Waals surface area (Å²) in [6.45, 7) is 8.16. The van der Waals surface area contributed by atoms with Crippen LogP contribution in [0.15, 0.2) is 29.2 Å². The monoisotopic (exact) mass is 310 g/mol. The third-order valence-electron chi connectivity index (χ3n) is 4.61. The van der Waals surface area contributed by atoms with Gasteiger partial charge in [-0.25, -0.2) is 0 Å². The van der Waals surface area contributed by atoms with E-state index in [0.717, 1.165) is 37.7 Å². The number of aryl methyl sites for hydroxylation is 1. The second kappa shape index (κ2) is 5.73. The zero-order chi connectivity index (χ0) is 15.7. The molecule has 1 fully saturated rings. The third kappa shape index (κ3) is 3.49. The Hall–Kier alpha value is -0.870. The second-order valence-electron chi connectivity index (χ2n) is 7.16. The molecule has 118 valence electrons.